The fourth-order valence-electron chi connectivity index (χ4n) is 3.33. The molecule has 2 heterocycles. The van der Waals surface area contributed by atoms with E-state index in [1.807, 2.05) is 31.2 Å². The molecule has 0 unspecified atom stereocenters. The summed E-state index contributed by atoms with van der Waals surface area (Å²) in [7, 11) is 0. The normalized spacial score (nSPS) is 11.3. The molecule has 0 saturated heterocycles. The first-order valence-corrected chi connectivity index (χ1v) is 8.92. The molecule has 0 bridgehead atoms. The fraction of sp³-hybridized carbons (Fsp3) is 0.250. The van der Waals surface area contributed by atoms with E-state index >= 15 is 0 Å². The topological polar surface area (TPSA) is 82.1 Å². The first kappa shape index (κ1) is 17.1. The number of aryl methyl sites for hydroxylation is 2. The highest BCUT2D eigenvalue weighted by atomic mass is 16.3. The largest absolute Gasteiger partial charge is 0.441 e. The minimum Gasteiger partial charge on any atom is -0.441 e. The van der Waals surface area contributed by atoms with E-state index in [2.05, 4.69) is 10.3 Å². The lowest BCUT2D eigenvalue weighted by Gasteiger charge is -2.06. The van der Waals surface area contributed by atoms with Crippen molar-refractivity contribution in [3.63, 3.8) is 0 Å². The summed E-state index contributed by atoms with van der Waals surface area (Å²) in [6, 6.07) is 12.8. The first-order valence-electron chi connectivity index (χ1n) is 8.92. The van der Waals surface area contributed by atoms with Gasteiger partial charge in [0, 0.05) is 19.2 Å². The Balaban J connectivity index is 1.62. The van der Waals surface area contributed by atoms with Crippen LogP contribution in [0.4, 0.5) is 5.69 Å². The smallest absolute Gasteiger partial charge is 0.329 e. The van der Waals surface area contributed by atoms with Crippen molar-refractivity contribution in [2.75, 3.05) is 5.32 Å². The minimum atomic E-state index is -0.268. The molecule has 0 saturated carbocycles. The SMILES string of the molecule is CCCn1c(=O)n(CC(=O)Nc2ccc3oc(C)nc3c2)c2ccccc21. The van der Waals surface area contributed by atoms with E-state index in [-0.39, 0.29) is 18.1 Å². The van der Waals surface area contributed by atoms with Crippen molar-refractivity contribution in [1.29, 1.82) is 0 Å². The number of amides is 1. The predicted molar refractivity (Wildman–Crippen MR) is 104 cm³/mol. The van der Waals surface area contributed by atoms with E-state index in [9.17, 15) is 9.59 Å². The third-order valence-electron chi connectivity index (χ3n) is 4.45. The van der Waals surface area contributed by atoms with Crippen LogP contribution in [0.3, 0.4) is 0 Å². The monoisotopic (exact) mass is 364 g/mol. The molecule has 1 N–H and O–H groups in total. The van der Waals surface area contributed by atoms with E-state index in [0.717, 1.165) is 17.5 Å². The van der Waals surface area contributed by atoms with Gasteiger partial charge in [-0.15, -0.1) is 0 Å². The zero-order chi connectivity index (χ0) is 19.0. The molecule has 7 nitrogen and oxygen atoms in total. The standard InChI is InChI=1S/C20H20N4O3/c1-3-10-23-16-6-4-5-7-17(16)24(20(23)26)12-19(25)22-14-8-9-18-15(11-14)21-13(2)27-18/h4-9,11H,3,10,12H2,1-2H3,(H,22,25). The third kappa shape index (κ3) is 3.12. The highest BCUT2D eigenvalue weighted by Gasteiger charge is 2.15. The van der Waals surface area contributed by atoms with Crippen LogP contribution < -0.4 is 11.0 Å². The zero-order valence-corrected chi connectivity index (χ0v) is 15.2. The Kier molecular flexibility index (Phi) is 4.27. The quantitative estimate of drug-likeness (QED) is 0.589. The summed E-state index contributed by atoms with van der Waals surface area (Å²) in [5.74, 6) is 0.305. The van der Waals surface area contributed by atoms with Crippen molar-refractivity contribution in [3.8, 4) is 0 Å². The van der Waals surface area contributed by atoms with Gasteiger partial charge >= 0.3 is 5.69 Å². The number of hydrogen-bond acceptors (Lipinski definition) is 4. The molecule has 1 amide bonds. The fourth-order valence-corrected chi connectivity index (χ4v) is 3.33. The van der Waals surface area contributed by atoms with Gasteiger partial charge in [-0.05, 0) is 36.8 Å². The summed E-state index contributed by atoms with van der Waals surface area (Å²) in [4.78, 5) is 29.6. The number of carbonyl (C=O) groups excluding carboxylic acids is 1. The van der Waals surface area contributed by atoms with Crippen LogP contribution in [0.25, 0.3) is 22.1 Å². The summed E-state index contributed by atoms with van der Waals surface area (Å²) in [6.45, 7) is 4.37. The number of hydrogen-bond donors (Lipinski definition) is 1. The van der Waals surface area contributed by atoms with Gasteiger partial charge in [-0.2, -0.15) is 0 Å². The number of carbonyl (C=O) groups is 1. The van der Waals surface area contributed by atoms with E-state index in [4.69, 9.17) is 4.42 Å². The van der Waals surface area contributed by atoms with Crippen molar-refractivity contribution in [3.05, 3.63) is 58.8 Å². The Morgan fingerprint density at radius 1 is 1.15 bits per heavy atom. The Morgan fingerprint density at radius 3 is 2.63 bits per heavy atom. The van der Waals surface area contributed by atoms with Gasteiger partial charge in [0.1, 0.15) is 12.1 Å². The maximum Gasteiger partial charge on any atom is 0.329 e. The van der Waals surface area contributed by atoms with Gasteiger partial charge in [0.2, 0.25) is 5.91 Å². The molecule has 138 valence electrons. The number of aromatic nitrogens is 3. The number of oxazole rings is 1. The molecule has 0 spiro atoms. The van der Waals surface area contributed by atoms with E-state index < -0.39 is 0 Å². The molecular formula is C20H20N4O3. The number of fused-ring (bicyclic) bond motifs is 2. The van der Waals surface area contributed by atoms with Crippen LogP contribution in [0, 0.1) is 6.92 Å². The highest BCUT2D eigenvalue weighted by Crippen LogP contribution is 2.20. The number of nitrogens with zero attached hydrogens (tertiary/aromatic N) is 3. The average molecular weight is 364 g/mol. The number of rotatable bonds is 5. The van der Waals surface area contributed by atoms with Crippen LogP contribution >= 0.6 is 0 Å². The Hall–Kier alpha value is -3.35. The molecule has 2 aromatic heterocycles. The summed E-state index contributed by atoms with van der Waals surface area (Å²) >= 11 is 0. The average Bonchev–Trinajstić information content (AvgIpc) is 3.14. The van der Waals surface area contributed by atoms with Crippen molar-refractivity contribution < 1.29 is 9.21 Å². The van der Waals surface area contributed by atoms with Crippen molar-refractivity contribution in [2.45, 2.75) is 33.4 Å². The predicted octanol–water partition coefficient (Wildman–Crippen LogP) is 3.30. The van der Waals surface area contributed by atoms with Crippen LogP contribution in [0.2, 0.25) is 0 Å². The van der Waals surface area contributed by atoms with E-state index in [1.165, 1.54) is 4.57 Å². The van der Waals surface area contributed by atoms with Gasteiger partial charge in [-0.25, -0.2) is 9.78 Å². The molecular weight excluding hydrogens is 344 g/mol. The zero-order valence-electron chi connectivity index (χ0n) is 15.2. The highest BCUT2D eigenvalue weighted by molar-refractivity contribution is 5.93. The molecule has 0 radical (unpaired) electrons. The van der Waals surface area contributed by atoms with Gasteiger partial charge in [0.15, 0.2) is 11.5 Å². The molecule has 7 heteroatoms. The minimum absolute atomic E-state index is 0.0497. The van der Waals surface area contributed by atoms with Gasteiger partial charge in [0.05, 0.1) is 11.0 Å². The maximum atomic E-state index is 12.8. The summed E-state index contributed by atoms with van der Waals surface area (Å²) in [6.07, 6.45) is 0.844. The van der Waals surface area contributed by atoms with Gasteiger partial charge < -0.3 is 9.73 Å². The van der Waals surface area contributed by atoms with Crippen LogP contribution in [0.5, 0.6) is 0 Å². The molecule has 0 aliphatic rings. The van der Waals surface area contributed by atoms with Crippen molar-refractivity contribution in [1.82, 2.24) is 14.1 Å². The molecule has 0 atom stereocenters. The number of para-hydroxylation sites is 2. The molecule has 4 rings (SSSR count). The van der Waals surface area contributed by atoms with Gasteiger partial charge in [-0.3, -0.25) is 13.9 Å². The first-order chi connectivity index (χ1) is 13.1. The van der Waals surface area contributed by atoms with Gasteiger partial charge in [0.25, 0.3) is 0 Å². The van der Waals surface area contributed by atoms with Gasteiger partial charge in [-0.1, -0.05) is 19.1 Å². The molecule has 0 fully saturated rings. The van der Waals surface area contributed by atoms with E-state index in [0.29, 0.717) is 29.2 Å². The van der Waals surface area contributed by atoms with Crippen molar-refractivity contribution in [2.24, 2.45) is 0 Å². The lowest BCUT2D eigenvalue weighted by molar-refractivity contribution is -0.116. The summed E-state index contributed by atoms with van der Waals surface area (Å²) in [5.41, 5.74) is 3.40. The number of imidazole rings is 1. The van der Waals surface area contributed by atoms with Crippen LogP contribution in [0.15, 0.2) is 51.7 Å². The number of benzene rings is 2. The molecule has 27 heavy (non-hydrogen) atoms. The second kappa shape index (κ2) is 6.75. The summed E-state index contributed by atoms with van der Waals surface area (Å²) in [5, 5.41) is 2.84. The summed E-state index contributed by atoms with van der Waals surface area (Å²) < 4.78 is 8.67. The van der Waals surface area contributed by atoms with Crippen LogP contribution in [-0.2, 0) is 17.9 Å². The number of nitrogens with one attached hydrogen (secondary N) is 1. The van der Waals surface area contributed by atoms with Crippen LogP contribution in [-0.4, -0.2) is 20.0 Å². The number of anilines is 1. The second-order valence-electron chi connectivity index (χ2n) is 6.47. The lowest BCUT2D eigenvalue weighted by Crippen LogP contribution is -2.29. The Morgan fingerprint density at radius 2 is 1.89 bits per heavy atom. The Bertz CT molecular complexity index is 1200. The van der Waals surface area contributed by atoms with Crippen LogP contribution in [0.1, 0.15) is 19.2 Å². The molecule has 0 aliphatic heterocycles. The molecule has 2 aromatic carbocycles. The maximum absolute atomic E-state index is 12.8. The molecule has 4 aromatic rings. The van der Waals surface area contributed by atoms with Crippen molar-refractivity contribution >= 4 is 33.7 Å². The van der Waals surface area contributed by atoms with E-state index in [1.54, 1.807) is 29.7 Å². The molecule has 0 aliphatic carbocycles. The third-order valence-corrected chi connectivity index (χ3v) is 4.45. The second-order valence-corrected chi connectivity index (χ2v) is 6.47. The Labute approximate surface area is 155 Å². The lowest BCUT2D eigenvalue weighted by atomic mass is 10.3.